The van der Waals surface area contributed by atoms with E-state index in [1.165, 1.54) is 15.9 Å². The Morgan fingerprint density at radius 3 is 2.79 bits per heavy atom. The number of hydrogen-bond donors (Lipinski definition) is 2. The van der Waals surface area contributed by atoms with Crippen molar-refractivity contribution in [1.29, 1.82) is 0 Å². The van der Waals surface area contributed by atoms with Gasteiger partial charge in [0, 0.05) is 16.3 Å². The topological polar surface area (TPSA) is 103 Å². The van der Waals surface area contributed by atoms with Gasteiger partial charge in [0.1, 0.15) is 17.9 Å². The van der Waals surface area contributed by atoms with E-state index < -0.39 is 5.91 Å². The molecule has 3 aromatic rings. The summed E-state index contributed by atoms with van der Waals surface area (Å²) in [6.07, 6.45) is 0.775. The van der Waals surface area contributed by atoms with E-state index in [0.29, 0.717) is 27.9 Å². The maximum Gasteiger partial charge on any atom is 0.277 e. The summed E-state index contributed by atoms with van der Waals surface area (Å²) in [5, 5.41) is 5.76. The van der Waals surface area contributed by atoms with Crippen LogP contribution in [0.2, 0.25) is 5.02 Å². The molecule has 0 saturated carbocycles. The second-order valence-corrected chi connectivity index (χ2v) is 7.97. The molecule has 3 N–H and O–H groups in total. The Hall–Kier alpha value is -2.71. The van der Waals surface area contributed by atoms with Crippen LogP contribution in [0.3, 0.4) is 0 Å². The molecule has 0 unspecified atom stereocenters. The summed E-state index contributed by atoms with van der Waals surface area (Å²) in [5.74, 6) is -0.203. The molecule has 28 heavy (non-hydrogen) atoms. The Labute approximate surface area is 170 Å². The fourth-order valence-electron chi connectivity index (χ4n) is 3.50. The van der Waals surface area contributed by atoms with Crippen LogP contribution in [-0.4, -0.2) is 20.4 Å². The second kappa shape index (κ2) is 7.37. The molecule has 1 aromatic carbocycles. The minimum absolute atomic E-state index is 0.0465. The third-order valence-electron chi connectivity index (χ3n) is 4.82. The monoisotopic (exact) mass is 415 g/mol. The van der Waals surface area contributed by atoms with Crippen LogP contribution in [0.25, 0.3) is 11.5 Å². The zero-order chi connectivity index (χ0) is 19.8. The molecule has 0 aliphatic carbocycles. The lowest BCUT2D eigenvalue weighted by Crippen LogP contribution is -2.36. The number of primary amides is 1. The average Bonchev–Trinajstić information content (AvgIpc) is 3.19. The van der Waals surface area contributed by atoms with Crippen molar-refractivity contribution in [2.75, 3.05) is 5.32 Å². The zero-order valence-electron chi connectivity index (χ0n) is 15.1. The number of carbonyl (C=O) groups is 1. The van der Waals surface area contributed by atoms with Gasteiger partial charge in [-0.25, -0.2) is 9.97 Å². The highest BCUT2D eigenvalue weighted by Crippen LogP contribution is 2.38. The highest BCUT2D eigenvalue weighted by atomic mass is 35.5. The fraction of sp³-hybridized carbons (Fsp3) is 0.263. The number of rotatable bonds is 4. The number of nitrogens with zero attached hydrogens (tertiary/aromatic N) is 3. The maximum absolute atomic E-state index is 13.2. The molecule has 0 bridgehead atoms. The van der Waals surface area contributed by atoms with Crippen LogP contribution in [0.4, 0.5) is 5.69 Å². The first-order valence-corrected chi connectivity index (χ1v) is 10.1. The summed E-state index contributed by atoms with van der Waals surface area (Å²) >= 11 is 7.38. The zero-order valence-corrected chi connectivity index (χ0v) is 16.6. The van der Waals surface area contributed by atoms with Crippen LogP contribution in [0, 0.1) is 0 Å². The van der Waals surface area contributed by atoms with Crippen LogP contribution >= 0.6 is 22.9 Å². The number of aromatic nitrogens is 3. The Balaban J connectivity index is 1.83. The van der Waals surface area contributed by atoms with Crippen molar-refractivity contribution in [1.82, 2.24) is 14.5 Å². The Morgan fingerprint density at radius 1 is 1.39 bits per heavy atom. The summed E-state index contributed by atoms with van der Waals surface area (Å²) in [7, 11) is 0. The number of halogens is 1. The number of carbonyl (C=O) groups excluding carboxylic acids is 1. The van der Waals surface area contributed by atoms with Gasteiger partial charge in [-0.15, -0.1) is 11.3 Å². The summed E-state index contributed by atoms with van der Waals surface area (Å²) in [6.45, 7) is 1.78. The molecule has 1 aliphatic heterocycles. The number of benzene rings is 1. The largest absolute Gasteiger partial charge is 0.372 e. The van der Waals surface area contributed by atoms with Crippen molar-refractivity contribution < 1.29 is 4.79 Å². The van der Waals surface area contributed by atoms with Crippen LogP contribution in [-0.2, 0) is 11.3 Å². The van der Waals surface area contributed by atoms with Gasteiger partial charge < -0.3 is 11.1 Å². The van der Waals surface area contributed by atoms with Gasteiger partial charge in [-0.05, 0) is 24.1 Å². The number of anilines is 1. The van der Waals surface area contributed by atoms with Gasteiger partial charge in [0.15, 0.2) is 5.82 Å². The first kappa shape index (κ1) is 18.6. The van der Waals surface area contributed by atoms with E-state index >= 15 is 0 Å². The second-order valence-electron chi connectivity index (χ2n) is 6.81. The van der Waals surface area contributed by atoms with Crippen LogP contribution in [0.15, 0.2) is 40.0 Å². The molecular formula is C19H18ClN5O2S. The van der Waals surface area contributed by atoms with Crippen LogP contribution < -0.4 is 16.6 Å². The van der Waals surface area contributed by atoms with Gasteiger partial charge in [-0.3, -0.25) is 14.2 Å². The van der Waals surface area contributed by atoms with E-state index in [1.807, 2.05) is 31.2 Å². The first-order chi connectivity index (χ1) is 13.4. The lowest BCUT2D eigenvalue weighted by Gasteiger charge is -2.31. The van der Waals surface area contributed by atoms with Crippen molar-refractivity contribution in [2.24, 2.45) is 5.73 Å². The smallest absolute Gasteiger partial charge is 0.277 e. The normalized spacial score (nSPS) is 18.4. The molecule has 2 aromatic heterocycles. The van der Waals surface area contributed by atoms with Gasteiger partial charge in [-0.2, -0.15) is 0 Å². The Morgan fingerprint density at radius 2 is 2.14 bits per heavy atom. The number of hydrogen-bond acceptors (Lipinski definition) is 6. The van der Waals surface area contributed by atoms with Gasteiger partial charge in [0.05, 0.1) is 17.2 Å². The quantitative estimate of drug-likeness (QED) is 0.681. The molecule has 7 nitrogen and oxygen atoms in total. The van der Waals surface area contributed by atoms with Crippen molar-refractivity contribution in [2.45, 2.75) is 31.8 Å². The van der Waals surface area contributed by atoms with Crippen molar-refractivity contribution >= 4 is 34.5 Å². The molecule has 1 amide bonds. The summed E-state index contributed by atoms with van der Waals surface area (Å²) < 4.78 is 1.29. The Kier molecular flexibility index (Phi) is 4.91. The van der Waals surface area contributed by atoms with E-state index in [4.69, 9.17) is 22.3 Å². The fourth-order valence-corrected chi connectivity index (χ4v) is 4.15. The average molecular weight is 416 g/mol. The minimum atomic E-state index is -0.613. The third-order valence-corrected chi connectivity index (χ3v) is 5.66. The number of nitrogens with one attached hydrogen (secondary N) is 1. The summed E-state index contributed by atoms with van der Waals surface area (Å²) in [6, 6.07) is 7.48. The molecule has 9 heteroatoms. The predicted molar refractivity (Wildman–Crippen MR) is 110 cm³/mol. The number of fused-ring (bicyclic) bond motifs is 1. The van der Waals surface area contributed by atoms with Crippen molar-refractivity contribution in [3.8, 4) is 11.5 Å². The van der Waals surface area contributed by atoms with Crippen LogP contribution in [0.5, 0.6) is 0 Å². The molecule has 2 atom stereocenters. The van der Waals surface area contributed by atoms with Crippen molar-refractivity contribution in [3.05, 3.63) is 61.8 Å². The number of thiazole rings is 1. The molecule has 4 rings (SSSR count). The lowest BCUT2D eigenvalue weighted by atomic mass is 9.89. The highest BCUT2D eigenvalue weighted by molar-refractivity contribution is 7.07. The van der Waals surface area contributed by atoms with Crippen LogP contribution in [0.1, 0.15) is 36.6 Å². The Bertz CT molecular complexity index is 1080. The standard InChI is InChI=1S/C19H18ClN5O2S/c1-10-6-13(11-2-4-12(20)5-3-11)23-17-16(10)24-18(14-8-28-9-22-14)25(19(17)27)7-15(21)26/h2-5,8-10,13,23H,6-7H2,1H3,(H2,21,26)/t10-,13-/m0/s1. The lowest BCUT2D eigenvalue weighted by molar-refractivity contribution is -0.118. The molecule has 0 saturated heterocycles. The van der Waals surface area contributed by atoms with Gasteiger partial charge in [0.25, 0.3) is 5.56 Å². The molecule has 144 valence electrons. The maximum atomic E-state index is 13.2. The molecule has 0 radical (unpaired) electrons. The third kappa shape index (κ3) is 3.41. The van der Waals surface area contributed by atoms with E-state index in [-0.39, 0.29) is 24.1 Å². The number of amides is 1. The molecule has 1 aliphatic rings. The van der Waals surface area contributed by atoms with Gasteiger partial charge >= 0.3 is 0 Å². The molecule has 0 fully saturated rings. The summed E-state index contributed by atoms with van der Waals surface area (Å²) in [4.78, 5) is 33.8. The highest BCUT2D eigenvalue weighted by Gasteiger charge is 2.30. The first-order valence-electron chi connectivity index (χ1n) is 8.77. The van der Waals surface area contributed by atoms with E-state index in [1.54, 1.807) is 10.9 Å². The molecular weight excluding hydrogens is 398 g/mol. The van der Waals surface area contributed by atoms with Gasteiger partial charge in [-0.1, -0.05) is 30.7 Å². The SMILES string of the molecule is C[C@H]1C[C@@H](c2ccc(Cl)cc2)Nc2c1nc(-c1cscn1)n(CC(N)=O)c2=O. The van der Waals surface area contributed by atoms with E-state index in [0.717, 1.165) is 12.0 Å². The molecule has 0 spiro atoms. The minimum Gasteiger partial charge on any atom is -0.372 e. The van der Waals surface area contributed by atoms with Gasteiger partial charge in [0.2, 0.25) is 5.91 Å². The van der Waals surface area contributed by atoms with E-state index in [2.05, 4.69) is 10.3 Å². The molecule has 3 heterocycles. The number of nitrogens with two attached hydrogens (primary N) is 1. The summed E-state index contributed by atoms with van der Waals surface area (Å²) in [5.41, 5.74) is 9.38. The van der Waals surface area contributed by atoms with E-state index in [9.17, 15) is 9.59 Å². The predicted octanol–water partition coefficient (Wildman–Crippen LogP) is 3.17. The van der Waals surface area contributed by atoms with Crippen molar-refractivity contribution in [3.63, 3.8) is 0 Å².